The Morgan fingerprint density at radius 1 is 1.25 bits per heavy atom. The molecule has 20 heavy (non-hydrogen) atoms. The van der Waals surface area contributed by atoms with E-state index in [0.717, 1.165) is 16.0 Å². The third-order valence-electron chi connectivity index (χ3n) is 2.95. The number of carbonyl (C=O) groups is 1. The van der Waals surface area contributed by atoms with E-state index < -0.39 is 11.2 Å². The summed E-state index contributed by atoms with van der Waals surface area (Å²) in [4.78, 5) is 12.4. The minimum absolute atomic E-state index is 0.453. The second-order valence-corrected chi connectivity index (χ2v) is 6.23. The third kappa shape index (κ3) is 4.02. The van der Waals surface area contributed by atoms with Crippen molar-refractivity contribution in [3.8, 4) is 0 Å². The van der Waals surface area contributed by atoms with Crippen LogP contribution in [0.1, 0.15) is 11.1 Å². The van der Waals surface area contributed by atoms with Gasteiger partial charge in [0.05, 0.1) is 0 Å². The number of benzene rings is 2. The largest absolute Gasteiger partial charge is 0.480 e. The molecule has 0 saturated heterocycles. The van der Waals surface area contributed by atoms with Gasteiger partial charge in [-0.1, -0.05) is 41.9 Å². The lowest BCUT2D eigenvalue weighted by Gasteiger charge is -2.13. The molecule has 0 saturated carbocycles. The summed E-state index contributed by atoms with van der Waals surface area (Å²) in [5, 5.41) is 9.53. The van der Waals surface area contributed by atoms with Crippen molar-refractivity contribution in [1.29, 1.82) is 0 Å². The van der Waals surface area contributed by atoms with Crippen molar-refractivity contribution in [2.24, 2.45) is 0 Å². The van der Waals surface area contributed by atoms with Gasteiger partial charge in [0, 0.05) is 9.92 Å². The number of rotatable bonds is 5. The number of hydrogen-bond acceptors (Lipinski definition) is 2. The molecule has 0 radical (unpaired) electrons. The summed E-state index contributed by atoms with van der Waals surface area (Å²) in [5.74, 6) is -0.810. The first kappa shape index (κ1) is 14.9. The fourth-order valence-electron chi connectivity index (χ4n) is 1.82. The highest BCUT2D eigenvalue weighted by Crippen LogP contribution is 2.27. The van der Waals surface area contributed by atoms with Crippen molar-refractivity contribution < 1.29 is 9.90 Å². The van der Waals surface area contributed by atoms with Crippen LogP contribution < -0.4 is 0 Å². The van der Waals surface area contributed by atoms with Crippen LogP contribution in [-0.4, -0.2) is 16.3 Å². The molecule has 2 aromatic rings. The van der Waals surface area contributed by atoms with E-state index >= 15 is 0 Å². The molecule has 2 rings (SSSR count). The van der Waals surface area contributed by atoms with E-state index in [2.05, 4.69) is 0 Å². The maximum absolute atomic E-state index is 11.4. The van der Waals surface area contributed by atoms with Gasteiger partial charge >= 0.3 is 5.97 Å². The zero-order valence-electron chi connectivity index (χ0n) is 11.0. The summed E-state index contributed by atoms with van der Waals surface area (Å²) in [6.45, 7) is 1.93. The Hall–Kier alpha value is -1.45. The number of halogens is 1. The fraction of sp³-hybridized carbons (Fsp3) is 0.188. The van der Waals surface area contributed by atoms with Gasteiger partial charge in [-0.3, -0.25) is 4.79 Å². The summed E-state index contributed by atoms with van der Waals surface area (Å²) in [6, 6.07) is 15.3. The van der Waals surface area contributed by atoms with Crippen LogP contribution in [0.25, 0.3) is 0 Å². The van der Waals surface area contributed by atoms with Gasteiger partial charge in [0.25, 0.3) is 0 Å². The Bertz CT molecular complexity index is 599. The van der Waals surface area contributed by atoms with E-state index in [1.807, 2.05) is 55.5 Å². The molecular weight excluding hydrogens is 292 g/mol. The molecule has 104 valence electrons. The van der Waals surface area contributed by atoms with Crippen LogP contribution >= 0.6 is 23.4 Å². The maximum Gasteiger partial charge on any atom is 0.317 e. The predicted octanol–water partition coefficient (Wildman–Crippen LogP) is 4.44. The van der Waals surface area contributed by atoms with E-state index in [9.17, 15) is 9.90 Å². The SMILES string of the molecule is Cc1ccc(C[C@@H](Sc2ccccc2)C(=O)O)cc1Cl. The van der Waals surface area contributed by atoms with Gasteiger partial charge in [-0.05, 0) is 42.7 Å². The highest BCUT2D eigenvalue weighted by Gasteiger charge is 2.19. The summed E-state index contributed by atoms with van der Waals surface area (Å²) in [6.07, 6.45) is 0.453. The Morgan fingerprint density at radius 3 is 2.55 bits per heavy atom. The van der Waals surface area contributed by atoms with E-state index in [-0.39, 0.29) is 0 Å². The van der Waals surface area contributed by atoms with Crippen molar-refractivity contribution in [2.45, 2.75) is 23.5 Å². The summed E-state index contributed by atoms with van der Waals surface area (Å²) >= 11 is 7.44. The lowest BCUT2D eigenvalue weighted by molar-refractivity contribution is -0.136. The van der Waals surface area contributed by atoms with E-state index in [0.29, 0.717) is 11.4 Å². The van der Waals surface area contributed by atoms with Gasteiger partial charge in [0.1, 0.15) is 5.25 Å². The molecule has 0 spiro atoms. The summed E-state index contributed by atoms with van der Waals surface area (Å²) < 4.78 is 0. The van der Waals surface area contributed by atoms with Crippen LogP contribution in [0.5, 0.6) is 0 Å². The first-order valence-electron chi connectivity index (χ1n) is 6.26. The van der Waals surface area contributed by atoms with Gasteiger partial charge in [-0.2, -0.15) is 0 Å². The molecule has 0 aliphatic heterocycles. The average molecular weight is 307 g/mol. The van der Waals surface area contributed by atoms with Crippen LogP contribution in [0.2, 0.25) is 5.02 Å². The molecule has 1 atom stereocenters. The average Bonchev–Trinajstić information content (AvgIpc) is 2.43. The number of aryl methyl sites for hydroxylation is 1. The Morgan fingerprint density at radius 2 is 1.95 bits per heavy atom. The standard InChI is InChI=1S/C16H15ClO2S/c1-11-7-8-12(9-14(11)17)10-15(16(18)19)20-13-5-3-2-4-6-13/h2-9,15H,10H2,1H3,(H,18,19)/t15-/m1/s1. The van der Waals surface area contributed by atoms with E-state index in [1.54, 1.807) is 0 Å². The van der Waals surface area contributed by atoms with Crippen molar-refractivity contribution in [3.63, 3.8) is 0 Å². The van der Waals surface area contributed by atoms with Crippen LogP contribution in [0.3, 0.4) is 0 Å². The highest BCUT2D eigenvalue weighted by molar-refractivity contribution is 8.00. The molecule has 0 aliphatic rings. The van der Waals surface area contributed by atoms with Crippen LogP contribution in [0.4, 0.5) is 0 Å². The molecule has 0 aromatic heterocycles. The van der Waals surface area contributed by atoms with Gasteiger partial charge in [0.15, 0.2) is 0 Å². The number of aliphatic carboxylic acids is 1. The van der Waals surface area contributed by atoms with E-state index in [4.69, 9.17) is 11.6 Å². The van der Waals surface area contributed by atoms with Crippen molar-refractivity contribution in [2.75, 3.05) is 0 Å². The monoisotopic (exact) mass is 306 g/mol. The minimum atomic E-state index is -0.810. The molecule has 2 nitrogen and oxygen atoms in total. The smallest absolute Gasteiger partial charge is 0.317 e. The van der Waals surface area contributed by atoms with Gasteiger partial charge in [0.2, 0.25) is 0 Å². The highest BCUT2D eigenvalue weighted by atomic mass is 35.5. The predicted molar refractivity (Wildman–Crippen MR) is 83.6 cm³/mol. The molecular formula is C16H15ClO2S. The van der Waals surface area contributed by atoms with Crippen molar-refractivity contribution >= 4 is 29.3 Å². The zero-order chi connectivity index (χ0) is 14.5. The molecule has 0 amide bonds. The Kier molecular flexibility index (Phi) is 5.10. The van der Waals surface area contributed by atoms with Gasteiger partial charge in [-0.15, -0.1) is 11.8 Å². The number of carboxylic acid groups (broad SMARTS) is 1. The third-order valence-corrected chi connectivity index (χ3v) is 4.56. The molecule has 0 unspecified atom stereocenters. The molecule has 0 heterocycles. The lowest BCUT2D eigenvalue weighted by Crippen LogP contribution is -2.19. The second-order valence-electron chi connectivity index (χ2n) is 4.55. The van der Waals surface area contributed by atoms with Crippen LogP contribution in [-0.2, 0) is 11.2 Å². The quantitative estimate of drug-likeness (QED) is 0.830. The Labute approximate surface area is 127 Å². The molecule has 0 aliphatic carbocycles. The number of thioether (sulfide) groups is 1. The number of hydrogen-bond donors (Lipinski definition) is 1. The van der Waals surface area contributed by atoms with Gasteiger partial charge in [-0.25, -0.2) is 0 Å². The van der Waals surface area contributed by atoms with Crippen molar-refractivity contribution in [3.05, 3.63) is 64.7 Å². The molecule has 1 N–H and O–H groups in total. The lowest BCUT2D eigenvalue weighted by atomic mass is 10.1. The molecule has 0 bridgehead atoms. The van der Waals surface area contributed by atoms with Gasteiger partial charge < -0.3 is 5.11 Å². The zero-order valence-corrected chi connectivity index (χ0v) is 12.6. The fourth-order valence-corrected chi connectivity index (χ4v) is 3.04. The maximum atomic E-state index is 11.4. The molecule has 0 fully saturated rings. The topological polar surface area (TPSA) is 37.3 Å². The van der Waals surface area contributed by atoms with E-state index in [1.165, 1.54) is 11.8 Å². The molecule has 4 heteroatoms. The van der Waals surface area contributed by atoms with Crippen LogP contribution in [0, 0.1) is 6.92 Å². The molecule has 2 aromatic carbocycles. The number of carboxylic acids is 1. The Balaban J connectivity index is 2.13. The summed E-state index contributed by atoms with van der Waals surface area (Å²) in [7, 11) is 0. The second kappa shape index (κ2) is 6.82. The first-order chi connectivity index (χ1) is 9.56. The van der Waals surface area contributed by atoms with Crippen molar-refractivity contribution in [1.82, 2.24) is 0 Å². The minimum Gasteiger partial charge on any atom is -0.480 e. The summed E-state index contributed by atoms with van der Waals surface area (Å²) in [5.41, 5.74) is 1.94. The first-order valence-corrected chi connectivity index (χ1v) is 7.51. The normalized spacial score (nSPS) is 12.1. The van der Waals surface area contributed by atoms with Crippen LogP contribution in [0.15, 0.2) is 53.4 Å².